The highest BCUT2D eigenvalue weighted by Gasteiger charge is 2.02. The van der Waals surface area contributed by atoms with E-state index >= 15 is 0 Å². The van der Waals surface area contributed by atoms with Gasteiger partial charge in [0.2, 0.25) is 0 Å². The SMILES string of the molecule is C=C(C/C=C(C)\C(C)=C/C)C(N)CC. The molecule has 0 aromatic heterocycles. The Morgan fingerprint density at radius 3 is 2.36 bits per heavy atom. The number of hydrogen-bond donors (Lipinski definition) is 1. The van der Waals surface area contributed by atoms with Crippen molar-refractivity contribution in [2.24, 2.45) is 5.73 Å². The van der Waals surface area contributed by atoms with E-state index in [1.807, 2.05) is 0 Å². The molecule has 0 saturated heterocycles. The van der Waals surface area contributed by atoms with Gasteiger partial charge in [0.15, 0.2) is 0 Å². The second-order valence-corrected chi connectivity index (χ2v) is 3.74. The summed E-state index contributed by atoms with van der Waals surface area (Å²) in [6, 6.07) is 0.143. The van der Waals surface area contributed by atoms with Gasteiger partial charge in [-0.3, -0.25) is 0 Å². The molecular formula is C13H23N. The summed E-state index contributed by atoms with van der Waals surface area (Å²) in [6.45, 7) is 12.4. The Morgan fingerprint density at radius 1 is 1.36 bits per heavy atom. The third kappa shape index (κ3) is 4.43. The summed E-state index contributed by atoms with van der Waals surface area (Å²) < 4.78 is 0. The molecular weight excluding hydrogens is 170 g/mol. The number of allylic oxidation sites excluding steroid dienone is 4. The van der Waals surface area contributed by atoms with Crippen LogP contribution in [-0.2, 0) is 0 Å². The fourth-order valence-electron chi connectivity index (χ4n) is 1.11. The summed E-state index contributed by atoms with van der Waals surface area (Å²) in [4.78, 5) is 0. The largest absolute Gasteiger partial charge is 0.324 e. The third-order valence-corrected chi connectivity index (χ3v) is 2.69. The van der Waals surface area contributed by atoms with Gasteiger partial charge in [-0.15, -0.1) is 0 Å². The lowest BCUT2D eigenvalue weighted by Crippen LogP contribution is -2.20. The quantitative estimate of drug-likeness (QED) is 0.524. The fraction of sp³-hybridized carbons (Fsp3) is 0.538. The second kappa shape index (κ2) is 6.61. The fourth-order valence-corrected chi connectivity index (χ4v) is 1.11. The maximum Gasteiger partial charge on any atom is 0.0251 e. The van der Waals surface area contributed by atoms with Crippen LogP contribution in [0.1, 0.15) is 40.5 Å². The zero-order chi connectivity index (χ0) is 11.1. The molecule has 0 spiro atoms. The van der Waals surface area contributed by atoms with E-state index in [2.05, 4.69) is 46.4 Å². The van der Waals surface area contributed by atoms with E-state index in [1.54, 1.807) is 0 Å². The lowest BCUT2D eigenvalue weighted by Gasteiger charge is -2.10. The first-order chi connectivity index (χ1) is 6.52. The van der Waals surface area contributed by atoms with E-state index in [1.165, 1.54) is 11.1 Å². The molecule has 1 heteroatoms. The molecule has 0 aliphatic rings. The molecule has 0 aliphatic heterocycles. The Hall–Kier alpha value is -0.820. The van der Waals surface area contributed by atoms with Gasteiger partial charge in [0, 0.05) is 6.04 Å². The second-order valence-electron chi connectivity index (χ2n) is 3.74. The van der Waals surface area contributed by atoms with Gasteiger partial charge in [-0.1, -0.05) is 42.4 Å². The monoisotopic (exact) mass is 193 g/mol. The predicted molar refractivity (Wildman–Crippen MR) is 65.2 cm³/mol. The lowest BCUT2D eigenvalue weighted by molar-refractivity contribution is 0.727. The molecule has 0 rings (SSSR count). The number of rotatable bonds is 5. The van der Waals surface area contributed by atoms with Crippen molar-refractivity contribution < 1.29 is 0 Å². The summed E-state index contributed by atoms with van der Waals surface area (Å²) >= 11 is 0. The highest BCUT2D eigenvalue weighted by molar-refractivity contribution is 5.28. The smallest absolute Gasteiger partial charge is 0.0251 e. The molecule has 0 amide bonds. The molecule has 14 heavy (non-hydrogen) atoms. The Kier molecular flexibility index (Phi) is 6.22. The van der Waals surface area contributed by atoms with Crippen molar-refractivity contribution in [3.05, 3.63) is 35.5 Å². The summed E-state index contributed by atoms with van der Waals surface area (Å²) in [7, 11) is 0. The molecule has 0 saturated carbocycles. The molecule has 0 radical (unpaired) electrons. The first kappa shape index (κ1) is 13.2. The zero-order valence-corrected chi connectivity index (χ0v) is 9.93. The molecule has 0 bridgehead atoms. The Bertz CT molecular complexity index is 246. The Labute approximate surface area is 88.4 Å². The van der Waals surface area contributed by atoms with Gasteiger partial charge >= 0.3 is 0 Å². The van der Waals surface area contributed by atoms with Gasteiger partial charge in [-0.2, -0.15) is 0 Å². The molecule has 1 unspecified atom stereocenters. The van der Waals surface area contributed by atoms with E-state index in [-0.39, 0.29) is 6.04 Å². The van der Waals surface area contributed by atoms with Crippen molar-refractivity contribution in [1.82, 2.24) is 0 Å². The predicted octanol–water partition coefficient (Wildman–Crippen LogP) is 3.58. The standard InChI is InChI=1S/C13H23N/c1-6-10(3)11(4)8-9-12(5)13(14)7-2/h6,8,13H,5,7,9,14H2,1-4H3/b10-6-,11-8-. The van der Waals surface area contributed by atoms with Crippen LogP contribution in [0, 0.1) is 0 Å². The van der Waals surface area contributed by atoms with Gasteiger partial charge in [0.1, 0.15) is 0 Å². The molecule has 0 aliphatic carbocycles. The van der Waals surface area contributed by atoms with Crippen LogP contribution in [0.25, 0.3) is 0 Å². The minimum atomic E-state index is 0.143. The summed E-state index contributed by atoms with van der Waals surface area (Å²) in [6.07, 6.45) is 6.18. The number of nitrogens with two attached hydrogens (primary N) is 1. The van der Waals surface area contributed by atoms with Gasteiger partial charge in [0.05, 0.1) is 0 Å². The van der Waals surface area contributed by atoms with Crippen LogP contribution in [0.5, 0.6) is 0 Å². The Balaban J connectivity index is 4.23. The molecule has 0 heterocycles. The van der Waals surface area contributed by atoms with Crippen molar-refractivity contribution in [2.45, 2.75) is 46.6 Å². The number of hydrogen-bond acceptors (Lipinski definition) is 1. The van der Waals surface area contributed by atoms with Crippen LogP contribution in [0.15, 0.2) is 35.5 Å². The van der Waals surface area contributed by atoms with E-state index in [0.717, 1.165) is 18.4 Å². The molecule has 0 aromatic rings. The van der Waals surface area contributed by atoms with Gasteiger partial charge in [0.25, 0.3) is 0 Å². The van der Waals surface area contributed by atoms with Crippen LogP contribution < -0.4 is 5.73 Å². The van der Waals surface area contributed by atoms with Gasteiger partial charge in [-0.25, -0.2) is 0 Å². The molecule has 80 valence electrons. The minimum absolute atomic E-state index is 0.143. The van der Waals surface area contributed by atoms with Crippen LogP contribution in [0.3, 0.4) is 0 Å². The highest BCUT2D eigenvalue weighted by Crippen LogP contribution is 2.13. The van der Waals surface area contributed by atoms with Gasteiger partial charge in [-0.05, 0) is 33.6 Å². The van der Waals surface area contributed by atoms with E-state index < -0.39 is 0 Å². The first-order valence-electron chi connectivity index (χ1n) is 5.26. The summed E-state index contributed by atoms with van der Waals surface area (Å²) in [5.74, 6) is 0. The van der Waals surface area contributed by atoms with Crippen molar-refractivity contribution in [2.75, 3.05) is 0 Å². The van der Waals surface area contributed by atoms with E-state index in [0.29, 0.717) is 0 Å². The molecule has 1 nitrogen and oxygen atoms in total. The van der Waals surface area contributed by atoms with Crippen molar-refractivity contribution in [1.29, 1.82) is 0 Å². The maximum atomic E-state index is 5.87. The molecule has 0 aromatic carbocycles. The molecule has 1 atom stereocenters. The normalized spacial score (nSPS) is 15.5. The lowest BCUT2D eigenvalue weighted by atomic mass is 10.0. The van der Waals surface area contributed by atoms with Crippen molar-refractivity contribution in [3.8, 4) is 0 Å². The highest BCUT2D eigenvalue weighted by atomic mass is 14.6. The summed E-state index contributed by atoms with van der Waals surface area (Å²) in [5, 5.41) is 0. The van der Waals surface area contributed by atoms with Gasteiger partial charge < -0.3 is 5.73 Å². The van der Waals surface area contributed by atoms with Crippen LogP contribution in [0.4, 0.5) is 0 Å². The van der Waals surface area contributed by atoms with Crippen LogP contribution >= 0.6 is 0 Å². The zero-order valence-electron chi connectivity index (χ0n) is 9.93. The topological polar surface area (TPSA) is 26.0 Å². The van der Waals surface area contributed by atoms with Crippen molar-refractivity contribution >= 4 is 0 Å². The molecule has 2 N–H and O–H groups in total. The first-order valence-corrected chi connectivity index (χ1v) is 5.26. The molecule has 0 fully saturated rings. The van der Waals surface area contributed by atoms with E-state index in [4.69, 9.17) is 5.73 Å². The van der Waals surface area contributed by atoms with Crippen LogP contribution in [-0.4, -0.2) is 6.04 Å². The maximum absolute atomic E-state index is 5.87. The summed E-state index contributed by atoms with van der Waals surface area (Å²) in [5.41, 5.74) is 9.63. The van der Waals surface area contributed by atoms with E-state index in [9.17, 15) is 0 Å². The minimum Gasteiger partial charge on any atom is -0.324 e. The Morgan fingerprint density at radius 2 is 1.93 bits per heavy atom. The van der Waals surface area contributed by atoms with Crippen molar-refractivity contribution in [3.63, 3.8) is 0 Å². The average molecular weight is 193 g/mol. The average Bonchev–Trinajstić information content (AvgIpc) is 2.22. The van der Waals surface area contributed by atoms with Crippen LogP contribution in [0.2, 0.25) is 0 Å². The third-order valence-electron chi connectivity index (χ3n) is 2.69.